The number of ether oxygens (including phenoxy) is 1. The number of nitrogens with one attached hydrogen (secondary N) is 1. The molecule has 1 unspecified atom stereocenters. The maximum atomic E-state index is 12.8. The van der Waals surface area contributed by atoms with Gasteiger partial charge < -0.3 is 15.0 Å². The van der Waals surface area contributed by atoms with Gasteiger partial charge in [-0.15, -0.1) is 12.4 Å². The van der Waals surface area contributed by atoms with E-state index in [-0.39, 0.29) is 24.4 Å². The summed E-state index contributed by atoms with van der Waals surface area (Å²) in [4.78, 5) is 20.4. The largest absolute Gasteiger partial charge is 0.457 e. The van der Waals surface area contributed by atoms with E-state index in [4.69, 9.17) is 9.73 Å². The van der Waals surface area contributed by atoms with Crippen LogP contribution in [-0.2, 0) is 4.79 Å². The van der Waals surface area contributed by atoms with Gasteiger partial charge in [0.05, 0.1) is 6.04 Å². The highest BCUT2D eigenvalue weighted by Gasteiger charge is 2.41. The average molecular weight is 486 g/mol. The lowest BCUT2D eigenvalue weighted by Crippen LogP contribution is -2.38. The molecule has 2 aromatic carbocycles. The summed E-state index contributed by atoms with van der Waals surface area (Å²) in [6, 6.07) is 18.6. The van der Waals surface area contributed by atoms with Crippen molar-refractivity contribution in [3.8, 4) is 11.5 Å². The van der Waals surface area contributed by atoms with Gasteiger partial charge in [0, 0.05) is 29.9 Å². The van der Waals surface area contributed by atoms with Crippen LogP contribution in [0.4, 0.5) is 5.69 Å². The first-order valence-electron chi connectivity index (χ1n) is 11.9. The van der Waals surface area contributed by atoms with Crippen LogP contribution in [0.25, 0.3) is 0 Å². The number of amides is 1. The van der Waals surface area contributed by atoms with Gasteiger partial charge in [-0.05, 0) is 62.1 Å². The number of rotatable bonds is 7. The molecule has 7 heteroatoms. The van der Waals surface area contributed by atoms with E-state index in [0.717, 1.165) is 22.9 Å². The van der Waals surface area contributed by atoms with E-state index in [2.05, 4.69) is 10.2 Å². The predicted molar refractivity (Wildman–Crippen MR) is 139 cm³/mol. The lowest BCUT2D eigenvalue weighted by atomic mass is 9.96. The van der Waals surface area contributed by atoms with E-state index in [1.54, 1.807) is 0 Å². The zero-order valence-electron chi connectivity index (χ0n) is 18.8. The van der Waals surface area contributed by atoms with Crippen molar-refractivity contribution >= 4 is 40.9 Å². The molecule has 0 spiro atoms. The summed E-state index contributed by atoms with van der Waals surface area (Å²) >= 11 is 1.85. The van der Waals surface area contributed by atoms with E-state index in [9.17, 15) is 4.79 Å². The zero-order valence-corrected chi connectivity index (χ0v) is 20.5. The molecule has 5 nitrogen and oxygen atoms in total. The number of para-hydroxylation sites is 1. The molecule has 2 aromatic rings. The van der Waals surface area contributed by atoms with Crippen molar-refractivity contribution in [3.05, 3.63) is 54.6 Å². The molecule has 1 saturated heterocycles. The maximum Gasteiger partial charge on any atom is 0.226 e. The minimum absolute atomic E-state index is 0. The van der Waals surface area contributed by atoms with Gasteiger partial charge in [0.2, 0.25) is 5.91 Å². The number of anilines is 1. The SMILES string of the molecule is Cl.O=C(CC1CS/C(=N\C2CCCCC2)N1C1CC1)Nc1ccc(Oc2ccccc2)cc1. The first kappa shape index (κ1) is 24.0. The number of carbonyl (C=O) groups is 1. The summed E-state index contributed by atoms with van der Waals surface area (Å²) in [6.07, 6.45) is 9.36. The number of thioether (sulfide) groups is 1. The second-order valence-corrected chi connectivity index (χ2v) is 9.99. The highest BCUT2D eigenvalue weighted by molar-refractivity contribution is 8.14. The molecule has 0 bridgehead atoms. The summed E-state index contributed by atoms with van der Waals surface area (Å²) in [5.41, 5.74) is 0.801. The van der Waals surface area contributed by atoms with Gasteiger partial charge in [0.25, 0.3) is 0 Å². The minimum atomic E-state index is 0. The monoisotopic (exact) mass is 485 g/mol. The van der Waals surface area contributed by atoms with Crippen molar-refractivity contribution in [1.29, 1.82) is 0 Å². The van der Waals surface area contributed by atoms with Crippen LogP contribution in [0, 0.1) is 0 Å². The first-order valence-corrected chi connectivity index (χ1v) is 12.8. The third kappa shape index (κ3) is 6.45. The van der Waals surface area contributed by atoms with Gasteiger partial charge in [-0.25, -0.2) is 0 Å². The van der Waals surface area contributed by atoms with Crippen molar-refractivity contribution < 1.29 is 9.53 Å². The Kier molecular flexibility index (Phi) is 8.20. The minimum Gasteiger partial charge on any atom is -0.457 e. The van der Waals surface area contributed by atoms with Gasteiger partial charge in [-0.3, -0.25) is 9.79 Å². The standard InChI is InChI=1S/C26H31N3O2S.ClH/c30-25(27-20-11-15-24(16-12-20)31-23-9-5-2-6-10-23)17-22-18-32-26(29(22)21-13-14-21)28-19-7-3-1-4-8-19;/h2,5-6,9-12,15-16,19,21-22H,1,3-4,7-8,13-14,17-18H2,(H,27,30);1H/b28-26-;. The van der Waals surface area contributed by atoms with Crippen LogP contribution in [0.5, 0.6) is 11.5 Å². The predicted octanol–water partition coefficient (Wildman–Crippen LogP) is 6.50. The number of hydrogen-bond acceptors (Lipinski definition) is 4. The fraction of sp³-hybridized carbons (Fsp3) is 0.462. The molecule has 1 heterocycles. The Morgan fingerprint density at radius 2 is 1.67 bits per heavy atom. The van der Waals surface area contributed by atoms with Gasteiger partial charge in [-0.2, -0.15) is 0 Å². The third-order valence-corrected chi connectivity index (χ3v) is 7.49. The van der Waals surface area contributed by atoms with E-state index in [0.29, 0.717) is 18.5 Å². The summed E-state index contributed by atoms with van der Waals surface area (Å²) in [6.45, 7) is 0. The molecule has 1 aliphatic heterocycles. The number of halogens is 1. The Labute approximate surface area is 206 Å². The average Bonchev–Trinajstić information content (AvgIpc) is 3.58. The molecule has 176 valence electrons. The Balaban J connectivity index is 0.00000259. The second-order valence-electron chi connectivity index (χ2n) is 9.00. The highest BCUT2D eigenvalue weighted by atomic mass is 35.5. The second kappa shape index (κ2) is 11.3. The number of nitrogens with zero attached hydrogens (tertiary/aromatic N) is 2. The molecule has 2 saturated carbocycles. The number of carbonyl (C=O) groups excluding carboxylic acids is 1. The topological polar surface area (TPSA) is 53.9 Å². The molecular weight excluding hydrogens is 454 g/mol. The number of benzene rings is 2. The molecule has 1 N–H and O–H groups in total. The molecule has 0 aromatic heterocycles. The molecular formula is C26H32ClN3O2S. The van der Waals surface area contributed by atoms with Crippen LogP contribution < -0.4 is 10.1 Å². The van der Waals surface area contributed by atoms with E-state index in [1.807, 2.05) is 66.4 Å². The van der Waals surface area contributed by atoms with Crippen molar-refractivity contribution in [2.75, 3.05) is 11.1 Å². The van der Waals surface area contributed by atoms with Crippen molar-refractivity contribution in [2.24, 2.45) is 4.99 Å². The molecule has 1 atom stereocenters. The first-order chi connectivity index (χ1) is 15.7. The summed E-state index contributed by atoms with van der Waals surface area (Å²) in [5, 5.41) is 4.26. The molecule has 33 heavy (non-hydrogen) atoms. The number of hydrogen-bond donors (Lipinski definition) is 1. The van der Waals surface area contributed by atoms with Gasteiger partial charge >= 0.3 is 0 Å². The summed E-state index contributed by atoms with van der Waals surface area (Å²) in [7, 11) is 0. The lowest BCUT2D eigenvalue weighted by Gasteiger charge is -2.27. The van der Waals surface area contributed by atoms with Crippen LogP contribution in [-0.4, -0.2) is 39.9 Å². The Bertz CT molecular complexity index is 944. The Hall–Kier alpha value is -2.18. The summed E-state index contributed by atoms with van der Waals surface area (Å²) < 4.78 is 5.83. The van der Waals surface area contributed by atoms with Crippen LogP contribution >= 0.6 is 24.2 Å². The van der Waals surface area contributed by atoms with E-state index < -0.39 is 0 Å². The van der Waals surface area contributed by atoms with E-state index >= 15 is 0 Å². The third-order valence-electron chi connectivity index (χ3n) is 6.37. The normalized spacial score (nSPS) is 22.1. The Morgan fingerprint density at radius 1 is 0.970 bits per heavy atom. The van der Waals surface area contributed by atoms with Crippen LogP contribution in [0.1, 0.15) is 51.4 Å². The molecule has 3 aliphatic rings. The Morgan fingerprint density at radius 3 is 2.36 bits per heavy atom. The van der Waals surface area contributed by atoms with Gasteiger partial charge in [0.15, 0.2) is 5.17 Å². The fourth-order valence-corrected chi connectivity index (χ4v) is 5.86. The van der Waals surface area contributed by atoms with Gasteiger partial charge in [-0.1, -0.05) is 49.2 Å². The van der Waals surface area contributed by atoms with Crippen molar-refractivity contribution in [2.45, 2.75) is 69.5 Å². The zero-order chi connectivity index (χ0) is 21.8. The quantitative estimate of drug-likeness (QED) is 0.486. The fourth-order valence-electron chi connectivity index (χ4n) is 4.57. The highest BCUT2D eigenvalue weighted by Crippen LogP contribution is 2.38. The van der Waals surface area contributed by atoms with Crippen LogP contribution in [0.2, 0.25) is 0 Å². The molecule has 3 fully saturated rings. The summed E-state index contributed by atoms with van der Waals surface area (Å²) in [5.74, 6) is 2.58. The molecule has 2 aliphatic carbocycles. The lowest BCUT2D eigenvalue weighted by molar-refractivity contribution is -0.116. The number of amidine groups is 1. The smallest absolute Gasteiger partial charge is 0.226 e. The van der Waals surface area contributed by atoms with E-state index in [1.165, 1.54) is 50.1 Å². The van der Waals surface area contributed by atoms with Gasteiger partial charge in [0.1, 0.15) is 11.5 Å². The van der Waals surface area contributed by atoms with Crippen LogP contribution in [0.15, 0.2) is 59.6 Å². The van der Waals surface area contributed by atoms with Crippen LogP contribution in [0.3, 0.4) is 0 Å². The van der Waals surface area contributed by atoms with Crippen molar-refractivity contribution in [3.63, 3.8) is 0 Å². The molecule has 0 radical (unpaired) electrons. The maximum absolute atomic E-state index is 12.8. The number of aliphatic imine (C=N–C) groups is 1. The van der Waals surface area contributed by atoms with Crippen molar-refractivity contribution in [1.82, 2.24) is 4.90 Å². The molecule has 1 amide bonds. The molecule has 5 rings (SSSR count).